The van der Waals surface area contributed by atoms with Gasteiger partial charge in [0, 0.05) is 12.4 Å². The van der Waals surface area contributed by atoms with E-state index in [4.69, 9.17) is 0 Å². The first-order chi connectivity index (χ1) is 8.08. The van der Waals surface area contributed by atoms with E-state index in [1.807, 2.05) is 19.2 Å². The van der Waals surface area contributed by atoms with E-state index in [0.717, 1.165) is 10.7 Å². The molecule has 0 saturated carbocycles. The second kappa shape index (κ2) is 4.67. The molecule has 2 aromatic heterocycles. The fraction of sp³-hybridized carbons (Fsp3) is 0.364. The number of hydrogen-bond acceptors (Lipinski definition) is 4. The second-order valence-electron chi connectivity index (χ2n) is 3.88. The van der Waals surface area contributed by atoms with E-state index in [2.05, 4.69) is 15.3 Å². The molecular weight excluding hydrogens is 236 g/mol. The second-order valence-corrected chi connectivity index (χ2v) is 4.94. The Balaban J connectivity index is 2.07. The maximum atomic E-state index is 11.9. The Bertz CT molecular complexity index is 531. The van der Waals surface area contributed by atoms with Crippen LogP contribution >= 0.6 is 11.3 Å². The lowest BCUT2D eigenvalue weighted by Crippen LogP contribution is -2.28. The number of imidazole rings is 1. The maximum Gasteiger partial charge on any atom is 0.270 e. The molecule has 2 aromatic rings. The van der Waals surface area contributed by atoms with Crippen LogP contribution in [0, 0.1) is 6.92 Å². The van der Waals surface area contributed by atoms with Gasteiger partial charge in [0.05, 0.1) is 29.3 Å². The number of carbonyl (C=O) groups is 1. The molecule has 6 heteroatoms. The van der Waals surface area contributed by atoms with Gasteiger partial charge < -0.3 is 9.88 Å². The summed E-state index contributed by atoms with van der Waals surface area (Å²) in [6.45, 7) is 3.87. The molecule has 0 unspecified atom stereocenters. The van der Waals surface area contributed by atoms with E-state index in [1.54, 1.807) is 35.5 Å². The zero-order valence-corrected chi connectivity index (χ0v) is 10.8. The van der Waals surface area contributed by atoms with Crippen molar-refractivity contribution in [3.63, 3.8) is 0 Å². The largest absolute Gasteiger partial charge is 0.343 e. The monoisotopic (exact) mass is 250 g/mol. The Morgan fingerprint density at radius 3 is 2.88 bits per heavy atom. The van der Waals surface area contributed by atoms with Crippen LogP contribution in [-0.4, -0.2) is 20.4 Å². The zero-order chi connectivity index (χ0) is 12.4. The van der Waals surface area contributed by atoms with Crippen molar-refractivity contribution in [2.24, 2.45) is 7.05 Å². The third kappa shape index (κ3) is 2.52. The molecule has 0 spiro atoms. The Kier molecular flexibility index (Phi) is 3.23. The summed E-state index contributed by atoms with van der Waals surface area (Å²) in [5, 5.41) is 5.86. The lowest BCUT2D eigenvalue weighted by Gasteiger charge is -2.11. The molecule has 90 valence electrons. The predicted octanol–water partition coefficient (Wildman–Crippen LogP) is 1.68. The van der Waals surface area contributed by atoms with Crippen molar-refractivity contribution < 1.29 is 4.79 Å². The van der Waals surface area contributed by atoms with Gasteiger partial charge in [-0.2, -0.15) is 0 Å². The highest BCUT2D eigenvalue weighted by molar-refractivity contribution is 7.09. The average Bonchev–Trinajstić information content (AvgIpc) is 2.86. The number of nitrogens with zero attached hydrogens (tertiary/aromatic N) is 3. The van der Waals surface area contributed by atoms with E-state index in [1.165, 1.54) is 0 Å². The summed E-state index contributed by atoms with van der Waals surface area (Å²) in [5.41, 5.74) is 1.44. The number of rotatable bonds is 3. The lowest BCUT2D eigenvalue weighted by molar-refractivity contribution is 0.0931. The molecule has 0 aliphatic carbocycles. The molecule has 2 rings (SSSR count). The Labute approximate surface area is 104 Å². The van der Waals surface area contributed by atoms with Gasteiger partial charge in [-0.1, -0.05) is 0 Å². The summed E-state index contributed by atoms with van der Waals surface area (Å²) in [7, 11) is 1.79. The van der Waals surface area contributed by atoms with Crippen LogP contribution in [0.3, 0.4) is 0 Å². The van der Waals surface area contributed by atoms with Gasteiger partial charge in [0.25, 0.3) is 5.91 Å². The average molecular weight is 250 g/mol. The van der Waals surface area contributed by atoms with Crippen LogP contribution in [0.25, 0.3) is 0 Å². The minimum atomic E-state index is -0.136. The van der Waals surface area contributed by atoms with Crippen molar-refractivity contribution in [3.05, 3.63) is 34.3 Å². The third-order valence-electron chi connectivity index (χ3n) is 2.48. The van der Waals surface area contributed by atoms with Crippen LogP contribution in [0.5, 0.6) is 0 Å². The van der Waals surface area contributed by atoms with Crippen molar-refractivity contribution in [2.45, 2.75) is 19.9 Å². The van der Waals surface area contributed by atoms with Gasteiger partial charge in [-0.15, -0.1) is 11.3 Å². The molecule has 0 saturated heterocycles. The topological polar surface area (TPSA) is 59.8 Å². The number of carbonyl (C=O) groups excluding carboxylic acids is 1. The van der Waals surface area contributed by atoms with Crippen LogP contribution in [-0.2, 0) is 7.05 Å². The highest BCUT2D eigenvalue weighted by atomic mass is 32.1. The molecule has 17 heavy (non-hydrogen) atoms. The molecule has 0 bridgehead atoms. The zero-order valence-electron chi connectivity index (χ0n) is 9.97. The highest BCUT2D eigenvalue weighted by Crippen LogP contribution is 2.16. The molecule has 1 N–H and O–H groups in total. The fourth-order valence-electron chi connectivity index (χ4n) is 1.50. The van der Waals surface area contributed by atoms with Gasteiger partial charge in [0.15, 0.2) is 0 Å². The maximum absolute atomic E-state index is 11.9. The van der Waals surface area contributed by atoms with Crippen molar-refractivity contribution >= 4 is 17.2 Å². The van der Waals surface area contributed by atoms with E-state index in [-0.39, 0.29) is 11.9 Å². The molecule has 0 aliphatic heterocycles. The highest BCUT2D eigenvalue weighted by Gasteiger charge is 2.15. The molecule has 1 atom stereocenters. The van der Waals surface area contributed by atoms with E-state index in [9.17, 15) is 4.79 Å². The summed E-state index contributed by atoms with van der Waals surface area (Å²) in [4.78, 5) is 20.2. The van der Waals surface area contributed by atoms with Gasteiger partial charge >= 0.3 is 0 Å². The van der Waals surface area contributed by atoms with E-state index < -0.39 is 0 Å². The van der Waals surface area contributed by atoms with E-state index >= 15 is 0 Å². The molecule has 0 fully saturated rings. The summed E-state index contributed by atoms with van der Waals surface area (Å²) in [5.74, 6) is -0.136. The van der Waals surface area contributed by atoms with Gasteiger partial charge in [-0.05, 0) is 13.8 Å². The minimum absolute atomic E-state index is 0.0950. The number of hydrogen-bond donors (Lipinski definition) is 1. The Morgan fingerprint density at radius 1 is 1.59 bits per heavy atom. The normalized spacial score (nSPS) is 12.4. The number of aromatic nitrogens is 3. The van der Waals surface area contributed by atoms with E-state index in [0.29, 0.717) is 5.69 Å². The van der Waals surface area contributed by atoms with Crippen molar-refractivity contribution in [1.29, 1.82) is 0 Å². The van der Waals surface area contributed by atoms with Crippen molar-refractivity contribution in [1.82, 2.24) is 19.9 Å². The van der Waals surface area contributed by atoms with Gasteiger partial charge in [0.1, 0.15) is 5.69 Å². The van der Waals surface area contributed by atoms with Gasteiger partial charge in [-0.25, -0.2) is 9.97 Å². The Hall–Kier alpha value is -1.69. The summed E-state index contributed by atoms with van der Waals surface area (Å²) >= 11 is 1.58. The molecule has 0 aliphatic rings. The SMILES string of the molecule is Cc1nc([C@H](C)NC(=O)c2cncn2C)cs1. The molecule has 0 radical (unpaired) electrons. The standard InChI is InChI=1S/C11H14N4OS/c1-7(9-5-17-8(2)14-9)13-11(16)10-4-12-6-15(10)3/h4-7H,1-3H3,(H,13,16)/t7-/m0/s1. The molecule has 0 aromatic carbocycles. The first kappa shape index (κ1) is 11.8. The number of amides is 1. The minimum Gasteiger partial charge on any atom is -0.343 e. The third-order valence-corrected chi connectivity index (χ3v) is 3.27. The first-order valence-corrected chi connectivity index (χ1v) is 6.15. The van der Waals surface area contributed by atoms with Crippen LogP contribution < -0.4 is 5.32 Å². The van der Waals surface area contributed by atoms with Crippen LogP contribution in [0.2, 0.25) is 0 Å². The van der Waals surface area contributed by atoms with Crippen molar-refractivity contribution in [3.8, 4) is 0 Å². The van der Waals surface area contributed by atoms with Crippen LogP contribution in [0.15, 0.2) is 17.9 Å². The first-order valence-electron chi connectivity index (χ1n) is 5.27. The Morgan fingerprint density at radius 2 is 2.35 bits per heavy atom. The number of thiazole rings is 1. The predicted molar refractivity (Wildman–Crippen MR) is 65.9 cm³/mol. The van der Waals surface area contributed by atoms with Gasteiger partial charge in [0.2, 0.25) is 0 Å². The van der Waals surface area contributed by atoms with Crippen LogP contribution in [0.1, 0.15) is 34.2 Å². The summed E-state index contributed by atoms with van der Waals surface area (Å²) < 4.78 is 1.69. The summed E-state index contributed by atoms with van der Waals surface area (Å²) in [6.07, 6.45) is 3.15. The van der Waals surface area contributed by atoms with Gasteiger partial charge in [-0.3, -0.25) is 4.79 Å². The smallest absolute Gasteiger partial charge is 0.270 e. The van der Waals surface area contributed by atoms with Crippen molar-refractivity contribution in [2.75, 3.05) is 0 Å². The molecule has 5 nitrogen and oxygen atoms in total. The molecule has 2 heterocycles. The molecule has 1 amide bonds. The quantitative estimate of drug-likeness (QED) is 0.901. The summed E-state index contributed by atoms with van der Waals surface area (Å²) in [6, 6.07) is -0.0950. The number of aryl methyl sites for hydroxylation is 2. The molecular formula is C11H14N4OS. The van der Waals surface area contributed by atoms with Crippen LogP contribution in [0.4, 0.5) is 0 Å². The fourth-order valence-corrected chi connectivity index (χ4v) is 2.21. The lowest BCUT2D eigenvalue weighted by atomic mass is 10.2. The number of nitrogens with one attached hydrogen (secondary N) is 1.